The minimum Gasteiger partial charge on any atom is -0.493 e. The molecule has 2 aromatic carbocycles. The summed E-state index contributed by atoms with van der Waals surface area (Å²) in [5, 5.41) is 22.4. The van der Waals surface area contributed by atoms with Crippen LogP contribution in [0.25, 0.3) is 0 Å². The van der Waals surface area contributed by atoms with Crippen LogP contribution in [0.2, 0.25) is 0 Å². The second-order valence-electron chi connectivity index (χ2n) is 6.39. The van der Waals surface area contributed by atoms with Crippen LogP contribution >= 0.6 is 11.9 Å². The van der Waals surface area contributed by atoms with Gasteiger partial charge in [0.15, 0.2) is 0 Å². The minimum absolute atomic E-state index is 0.0297. The van der Waals surface area contributed by atoms with E-state index in [0.717, 1.165) is 24.1 Å². The van der Waals surface area contributed by atoms with E-state index >= 15 is 0 Å². The highest BCUT2D eigenvalue weighted by Gasteiger charge is 2.11. The van der Waals surface area contributed by atoms with E-state index in [2.05, 4.69) is 9.88 Å². The number of aliphatic carboxylic acids is 1. The largest absolute Gasteiger partial charge is 0.493 e. The predicted molar refractivity (Wildman–Crippen MR) is 122 cm³/mol. The van der Waals surface area contributed by atoms with E-state index in [4.69, 9.17) is 26.1 Å². The Morgan fingerprint density at radius 2 is 1.88 bits per heavy atom. The molecule has 0 aliphatic carbocycles. The van der Waals surface area contributed by atoms with Crippen LogP contribution < -0.4 is 20.9 Å². The molecular weight excluding hydrogens is 438 g/mol. The number of carboxylic acid groups (broad SMARTS) is 1. The number of nitrogens with two attached hydrogens (primary N) is 2. The maximum atomic E-state index is 10.6. The van der Waals surface area contributed by atoms with Crippen molar-refractivity contribution in [3.63, 3.8) is 0 Å². The lowest BCUT2D eigenvalue weighted by atomic mass is 10.2. The molecule has 12 heteroatoms. The smallest absolute Gasteiger partial charge is 0.318 e. The molecule has 0 aliphatic heterocycles. The van der Waals surface area contributed by atoms with Gasteiger partial charge in [-0.3, -0.25) is 14.9 Å². The number of aryl methyl sites for hydroxylation is 2. The van der Waals surface area contributed by atoms with E-state index in [9.17, 15) is 14.9 Å². The van der Waals surface area contributed by atoms with Gasteiger partial charge in [-0.2, -0.15) is 0 Å². The van der Waals surface area contributed by atoms with Gasteiger partial charge in [0.2, 0.25) is 5.96 Å². The van der Waals surface area contributed by atoms with Crippen molar-refractivity contribution in [2.45, 2.75) is 25.2 Å². The van der Waals surface area contributed by atoms with Gasteiger partial charge >= 0.3 is 5.97 Å². The molecule has 0 aromatic heterocycles. The Labute approximate surface area is 190 Å². The predicted octanol–water partition coefficient (Wildman–Crippen LogP) is 2.55. The monoisotopic (exact) mass is 465 g/mol. The summed E-state index contributed by atoms with van der Waals surface area (Å²) in [5.41, 5.74) is 12.0. The van der Waals surface area contributed by atoms with Gasteiger partial charge in [-0.1, -0.05) is 23.8 Å². The van der Waals surface area contributed by atoms with Crippen molar-refractivity contribution < 1.29 is 24.4 Å². The number of nitro benzene ring substituents is 1. The fourth-order valence-electron chi connectivity index (χ4n) is 2.10. The van der Waals surface area contributed by atoms with Crippen molar-refractivity contribution in [2.24, 2.45) is 16.6 Å². The summed E-state index contributed by atoms with van der Waals surface area (Å²) in [6.07, 6.45) is 0.727. The Morgan fingerprint density at radius 1 is 1.19 bits per heavy atom. The van der Waals surface area contributed by atoms with Gasteiger partial charge < -0.3 is 26.1 Å². The second-order valence-corrected chi connectivity index (χ2v) is 7.35. The number of carboxylic acids is 1. The van der Waals surface area contributed by atoms with Crippen LogP contribution in [0.1, 0.15) is 17.5 Å². The van der Waals surface area contributed by atoms with Crippen molar-refractivity contribution >= 4 is 29.6 Å². The van der Waals surface area contributed by atoms with Crippen LogP contribution in [0.4, 0.5) is 5.69 Å². The summed E-state index contributed by atoms with van der Waals surface area (Å²) < 4.78 is 8.06. The third kappa shape index (κ3) is 11.6. The van der Waals surface area contributed by atoms with Crippen LogP contribution in [-0.2, 0) is 9.63 Å². The molecule has 0 fully saturated rings. The third-order valence-corrected chi connectivity index (χ3v) is 4.41. The van der Waals surface area contributed by atoms with Gasteiger partial charge in [0.05, 0.1) is 11.5 Å². The summed E-state index contributed by atoms with van der Waals surface area (Å²) in [4.78, 5) is 25.8. The molecule has 0 spiro atoms. The molecule has 0 radical (unpaired) electrons. The molecular formula is C20H27N5O6S. The number of benzene rings is 2. The highest BCUT2D eigenvalue weighted by atomic mass is 32.2. The highest BCUT2D eigenvalue weighted by Crippen LogP contribution is 2.24. The average molecular weight is 466 g/mol. The first kappa shape index (κ1) is 26.5. The van der Waals surface area contributed by atoms with Crippen LogP contribution in [-0.4, -0.2) is 41.7 Å². The summed E-state index contributed by atoms with van der Waals surface area (Å²) in [5.74, 6) is -0.194. The Hall–Kier alpha value is -3.51. The quantitative estimate of drug-likeness (QED) is 0.0963. The molecule has 0 saturated carbocycles. The molecule has 0 unspecified atom stereocenters. The van der Waals surface area contributed by atoms with Crippen LogP contribution in [0.5, 0.6) is 5.75 Å². The number of guanidine groups is 1. The van der Waals surface area contributed by atoms with Crippen LogP contribution in [0, 0.1) is 24.0 Å². The number of oxime groups is 1. The van der Waals surface area contributed by atoms with Crippen molar-refractivity contribution in [3.05, 3.63) is 63.7 Å². The van der Waals surface area contributed by atoms with Gasteiger partial charge in [0.1, 0.15) is 18.9 Å². The molecule has 11 nitrogen and oxygen atoms in total. The van der Waals surface area contributed by atoms with E-state index in [1.807, 2.05) is 31.2 Å². The number of nitrogens with one attached hydrogen (secondary N) is 1. The first-order valence-corrected chi connectivity index (χ1v) is 10.3. The normalized spacial score (nSPS) is 9.81. The maximum Gasteiger partial charge on any atom is 0.318 e. The lowest BCUT2D eigenvalue weighted by Crippen LogP contribution is -2.23. The van der Waals surface area contributed by atoms with Gasteiger partial charge in [-0.25, -0.2) is 4.72 Å². The fourth-order valence-corrected chi connectivity index (χ4v) is 2.77. The minimum atomic E-state index is -0.978. The summed E-state index contributed by atoms with van der Waals surface area (Å²) >= 11 is 1.05. The first-order valence-electron chi connectivity index (χ1n) is 9.46. The molecule has 0 amide bonds. The van der Waals surface area contributed by atoms with Crippen LogP contribution in [0.15, 0.2) is 52.5 Å². The molecule has 0 saturated heterocycles. The lowest BCUT2D eigenvalue weighted by Gasteiger charge is -2.05. The number of carbonyl (C=O) groups is 1. The third-order valence-electron chi connectivity index (χ3n) is 3.63. The van der Waals surface area contributed by atoms with E-state index in [0.29, 0.717) is 23.7 Å². The van der Waals surface area contributed by atoms with Gasteiger partial charge in [0, 0.05) is 22.9 Å². The zero-order chi connectivity index (χ0) is 23.9. The zero-order valence-corrected chi connectivity index (χ0v) is 18.6. The molecule has 0 aliphatic rings. The van der Waals surface area contributed by atoms with Crippen molar-refractivity contribution in [1.29, 1.82) is 0 Å². The molecule has 0 bridgehead atoms. The van der Waals surface area contributed by atoms with Crippen molar-refractivity contribution in [1.82, 2.24) is 4.72 Å². The Bertz CT molecular complexity index is 904. The van der Waals surface area contributed by atoms with Gasteiger partial charge in [-0.05, 0) is 49.2 Å². The van der Waals surface area contributed by atoms with Crippen molar-refractivity contribution in [3.8, 4) is 5.75 Å². The molecule has 174 valence electrons. The Balaban J connectivity index is 0.000000320. The highest BCUT2D eigenvalue weighted by molar-refractivity contribution is 7.97. The molecule has 0 atom stereocenters. The Morgan fingerprint density at radius 3 is 2.47 bits per heavy atom. The number of hydrogen-bond acceptors (Lipinski definition) is 8. The number of rotatable bonds is 11. The van der Waals surface area contributed by atoms with Crippen LogP contribution in [0.3, 0.4) is 0 Å². The Kier molecular flexibility index (Phi) is 12.0. The average Bonchev–Trinajstić information content (AvgIpc) is 2.73. The van der Waals surface area contributed by atoms with Gasteiger partial charge in [-0.15, -0.1) is 0 Å². The van der Waals surface area contributed by atoms with E-state index < -0.39 is 10.9 Å². The zero-order valence-electron chi connectivity index (χ0n) is 17.8. The second kappa shape index (κ2) is 14.5. The van der Waals surface area contributed by atoms with E-state index in [1.165, 1.54) is 11.6 Å². The molecule has 2 aromatic rings. The molecule has 2 rings (SSSR count). The number of nitrogens with zero attached hydrogens (tertiary/aromatic N) is 2. The summed E-state index contributed by atoms with van der Waals surface area (Å²) in [6.45, 7) is 4.49. The lowest BCUT2D eigenvalue weighted by molar-refractivity contribution is -0.385. The summed E-state index contributed by atoms with van der Waals surface area (Å²) in [6, 6.07) is 12.6. The number of nitro groups is 1. The molecule has 0 heterocycles. The standard InChI is InChI=1S/C11H17N3O2.C9H10N2O4S/c1-9-3-5-10(6-4-9)15-7-2-8-16-14-11(12)13;1-6-2-3-7(4-8(6)11(14)15)16-10-5-9(12)13/h3-6H,2,7-8H2,1H3,(H4,12,13,14);2-4,10H,5H2,1H3,(H,12,13). The molecule has 32 heavy (non-hydrogen) atoms. The number of hydrogen-bond donors (Lipinski definition) is 4. The SMILES string of the molecule is Cc1ccc(OCCCON=C(N)N)cc1.Cc1ccc(SNCC(=O)O)cc1[N+](=O)[O-]. The van der Waals surface area contributed by atoms with Gasteiger partial charge in [0.25, 0.3) is 5.69 Å². The van der Waals surface area contributed by atoms with Crippen molar-refractivity contribution in [2.75, 3.05) is 19.8 Å². The topological polar surface area (TPSA) is 175 Å². The maximum absolute atomic E-state index is 10.6. The molecule has 6 N–H and O–H groups in total. The number of ether oxygens (including phenoxy) is 1. The summed E-state index contributed by atoms with van der Waals surface area (Å²) in [7, 11) is 0. The fraction of sp³-hybridized carbons (Fsp3) is 0.300. The van der Waals surface area contributed by atoms with E-state index in [-0.39, 0.29) is 18.2 Å². The van der Waals surface area contributed by atoms with E-state index in [1.54, 1.807) is 19.1 Å². The first-order chi connectivity index (χ1) is 15.2.